The molecule has 0 aliphatic rings. The molecule has 0 aliphatic heterocycles. The first-order chi connectivity index (χ1) is 13.7. The van der Waals surface area contributed by atoms with Gasteiger partial charge in [0.1, 0.15) is 5.69 Å². The van der Waals surface area contributed by atoms with Gasteiger partial charge in [-0.2, -0.15) is 0 Å². The summed E-state index contributed by atoms with van der Waals surface area (Å²) >= 11 is 0. The molecule has 28 heavy (non-hydrogen) atoms. The van der Waals surface area contributed by atoms with Crippen LogP contribution in [0.15, 0.2) is 91.3 Å². The van der Waals surface area contributed by atoms with Crippen molar-refractivity contribution in [2.24, 2.45) is 0 Å². The van der Waals surface area contributed by atoms with Crippen LogP contribution < -0.4 is 0 Å². The SMILES string of the molecule is C[C@@H](c1ccccc1)N(Cc1ccccn1)C(=O)c1nccc2ccccc12. The summed E-state index contributed by atoms with van der Waals surface area (Å²) in [5, 5.41) is 1.87. The van der Waals surface area contributed by atoms with E-state index in [1.54, 1.807) is 12.4 Å². The number of pyridine rings is 2. The van der Waals surface area contributed by atoms with Crippen molar-refractivity contribution in [3.63, 3.8) is 0 Å². The number of aromatic nitrogens is 2. The van der Waals surface area contributed by atoms with E-state index in [1.165, 1.54) is 0 Å². The lowest BCUT2D eigenvalue weighted by molar-refractivity contribution is 0.0667. The molecule has 2 heterocycles. The smallest absolute Gasteiger partial charge is 0.273 e. The molecule has 4 rings (SSSR count). The molecule has 2 aromatic carbocycles. The molecular weight excluding hydrogens is 346 g/mol. The molecule has 0 aliphatic carbocycles. The zero-order valence-electron chi connectivity index (χ0n) is 15.7. The van der Waals surface area contributed by atoms with Crippen LogP contribution in [-0.4, -0.2) is 20.8 Å². The lowest BCUT2D eigenvalue weighted by atomic mass is 10.0. The van der Waals surface area contributed by atoms with Crippen molar-refractivity contribution in [2.75, 3.05) is 0 Å². The number of hydrogen-bond acceptors (Lipinski definition) is 3. The van der Waals surface area contributed by atoms with Crippen molar-refractivity contribution >= 4 is 16.7 Å². The second-order valence-electron chi connectivity index (χ2n) is 6.72. The molecule has 4 heteroatoms. The summed E-state index contributed by atoms with van der Waals surface area (Å²) in [4.78, 5) is 24.3. The molecule has 4 nitrogen and oxygen atoms in total. The quantitative estimate of drug-likeness (QED) is 0.497. The minimum Gasteiger partial charge on any atom is -0.325 e. The fourth-order valence-electron chi connectivity index (χ4n) is 3.39. The zero-order chi connectivity index (χ0) is 19.3. The first-order valence-electron chi connectivity index (χ1n) is 9.33. The molecule has 1 amide bonds. The van der Waals surface area contributed by atoms with E-state index < -0.39 is 0 Å². The molecule has 1 atom stereocenters. The summed E-state index contributed by atoms with van der Waals surface area (Å²) in [5.41, 5.74) is 2.39. The van der Waals surface area contributed by atoms with Gasteiger partial charge in [-0.25, -0.2) is 0 Å². The monoisotopic (exact) mass is 367 g/mol. The number of fused-ring (bicyclic) bond motifs is 1. The van der Waals surface area contributed by atoms with Gasteiger partial charge in [0, 0.05) is 17.8 Å². The van der Waals surface area contributed by atoms with E-state index in [0.29, 0.717) is 12.2 Å². The molecule has 0 N–H and O–H groups in total. The second-order valence-corrected chi connectivity index (χ2v) is 6.72. The third-order valence-corrected chi connectivity index (χ3v) is 4.95. The molecule has 0 saturated heterocycles. The van der Waals surface area contributed by atoms with E-state index in [0.717, 1.165) is 22.0 Å². The number of carbonyl (C=O) groups excluding carboxylic acids is 1. The van der Waals surface area contributed by atoms with Gasteiger partial charge in [-0.15, -0.1) is 0 Å². The van der Waals surface area contributed by atoms with Gasteiger partial charge in [0.2, 0.25) is 0 Å². The molecule has 0 saturated carbocycles. The van der Waals surface area contributed by atoms with Crippen molar-refractivity contribution in [1.82, 2.24) is 14.9 Å². The number of hydrogen-bond donors (Lipinski definition) is 0. The summed E-state index contributed by atoms with van der Waals surface area (Å²) in [5.74, 6) is -0.0983. The Morgan fingerprint density at radius 2 is 1.61 bits per heavy atom. The molecule has 2 aromatic heterocycles. The Bertz CT molecular complexity index is 1080. The largest absolute Gasteiger partial charge is 0.325 e. The van der Waals surface area contributed by atoms with Gasteiger partial charge in [-0.1, -0.05) is 60.7 Å². The highest BCUT2D eigenvalue weighted by atomic mass is 16.2. The minimum atomic E-state index is -0.114. The van der Waals surface area contributed by atoms with Crippen molar-refractivity contribution in [2.45, 2.75) is 19.5 Å². The summed E-state index contributed by atoms with van der Waals surface area (Å²) in [7, 11) is 0. The highest BCUT2D eigenvalue weighted by Gasteiger charge is 2.25. The van der Waals surface area contributed by atoms with Gasteiger partial charge in [0.25, 0.3) is 5.91 Å². The Hall–Kier alpha value is -3.53. The van der Waals surface area contributed by atoms with Crippen LogP contribution in [-0.2, 0) is 6.54 Å². The Morgan fingerprint density at radius 1 is 0.857 bits per heavy atom. The number of carbonyl (C=O) groups is 1. The van der Waals surface area contributed by atoms with Crippen LogP contribution in [0, 0.1) is 0 Å². The predicted molar refractivity (Wildman–Crippen MR) is 111 cm³/mol. The van der Waals surface area contributed by atoms with Crippen LogP contribution in [0.25, 0.3) is 10.8 Å². The van der Waals surface area contributed by atoms with E-state index in [1.807, 2.05) is 90.7 Å². The zero-order valence-corrected chi connectivity index (χ0v) is 15.7. The summed E-state index contributed by atoms with van der Waals surface area (Å²) < 4.78 is 0. The first-order valence-corrected chi connectivity index (χ1v) is 9.33. The first kappa shape index (κ1) is 17.9. The highest BCUT2D eigenvalue weighted by Crippen LogP contribution is 2.26. The molecule has 0 radical (unpaired) electrons. The molecule has 0 spiro atoms. The van der Waals surface area contributed by atoms with E-state index in [9.17, 15) is 4.79 Å². The highest BCUT2D eigenvalue weighted by molar-refractivity contribution is 6.05. The fraction of sp³-hybridized carbons (Fsp3) is 0.125. The normalized spacial score (nSPS) is 11.9. The van der Waals surface area contributed by atoms with Crippen molar-refractivity contribution in [3.8, 4) is 0 Å². The van der Waals surface area contributed by atoms with Crippen LogP contribution in [0.5, 0.6) is 0 Å². The molecule has 4 aromatic rings. The van der Waals surface area contributed by atoms with Crippen molar-refractivity contribution in [1.29, 1.82) is 0 Å². The third-order valence-electron chi connectivity index (χ3n) is 4.95. The number of nitrogens with zero attached hydrogens (tertiary/aromatic N) is 3. The van der Waals surface area contributed by atoms with E-state index in [2.05, 4.69) is 9.97 Å². The van der Waals surface area contributed by atoms with Gasteiger partial charge >= 0.3 is 0 Å². The lowest BCUT2D eigenvalue weighted by Gasteiger charge is -2.29. The standard InChI is InChI=1S/C24H21N3O/c1-18(19-9-3-2-4-10-19)27(17-21-12-7-8-15-25-21)24(28)23-22-13-6-5-11-20(22)14-16-26-23/h2-16,18H,17H2,1H3/t18-/m0/s1. The van der Waals surface area contributed by atoms with Gasteiger partial charge in [-0.3, -0.25) is 14.8 Å². The molecule has 0 fully saturated rings. The summed E-state index contributed by atoms with van der Waals surface area (Å²) in [6, 6.07) is 25.5. The van der Waals surface area contributed by atoms with Gasteiger partial charge in [0.05, 0.1) is 18.3 Å². The average Bonchev–Trinajstić information content (AvgIpc) is 2.77. The summed E-state index contributed by atoms with van der Waals surface area (Å²) in [6.45, 7) is 2.46. The van der Waals surface area contributed by atoms with Crippen LogP contribution in [0.1, 0.15) is 34.7 Å². The Balaban J connectivity index is 1.76. The van der Waals surface area contributed by atoms with E-state index in [-0.39, 0.29) is 11.9 Å². The van der Waals surface area contributed by atoms with Crippen molar-refractivity contribution in [3.05, 3.63) is 108 Å². The molecule has 0 bridgehead atoms. The molecule has 0 unspecified atom stereocenters. The Morgan fingerprint density at radius 3 is 2.39 bits per heavy atom. The van der Waals surface area contributed by atoms with Crippen molar-refractivity contribution < 1.29 is 4.79 Å². The molecular formula is C24H21N3O. The Kier molecular flexibility index (Phi) is 5.11. The van der Waals surface area contributed by atoms with Gasteiger partial charge in [0.15, 0.2) is 0 Å². The second kappa shape index (κ2) is 8.01. The Labute approximate surface area is 164 Å². The third kappa shape index (κ3) is 3.62. The molecule has 138 valence electrons. The predicted octanol–water partition coefficient (Wildman–Crippen LogP) is 5.03. The summed E-state index contributed by atoms with van der Waals surface area (Å²) in [6.07, 6.45) is 3.45. The number of amides is 1. The number of benzene rings is 2. The van der Waals surface area contributed by atoms with Crippen LogP contribution in [0.4, 0.5) is 0 Å². The van der Waals surface area contributed by atoms with E-state index >= 15 is 0 Å². The maximum Gasteiger partial charge on any atom is 0.273 e. The van der Waals surface area contributed by atoms with Gasteiger partial charge < -0.3 is 4.90 Å². The minimum absolute atomic E-state index is 0.0983. The fourth-order valence-corrected chi connectivity index (χ4v) is 3.39. The van der Waals surface area contributed by atoms with Crippen LogP contribution in [0.2, 0.25) is 0 Å². The maximum atomic E-state index is 13.6. The topological polar surface area (TPSA) is 46.1 Å². The van der Waals surface area contributed by atoms with Crippen LogP contribution in [0.3, 0.4) is 0 Å². The van der Waals surface area contributed by atoms with Gasteiger partial charge in [-0.05, 0) is 36.1 Å². The van der Waals surface area contributed by atoms with E-state index in [4.69, 9.17) is 0 Å². The maximum absolute atomic E-state index is 13.6. The lowest BCUT2D eigenvalue weighted by Crippen LogP contribution is -2.34. The number of rotatable bonds is 5. The van der Waals surface area contributed by atoms with Crippen LogP contribution >= 0.6 is 0 Å². The average molecular weight is 367 g/mol.